The highest BCUT2D eigenvalue weighted by atomic mass is 127. The van der Waals surface area contributed by atoms with E-state index in [1.807, 2.05) is 37.3 Å². The maximum absolute atomic E-state index is 11.6. The van der Waals surface area contributed by atoms with Crippen LogP contribution in [0.15, 0.2) is 47.5 Å². The van der Waals surface area contributed by atoms with Gasteiger partial charge in [-0.3, -0.25) is 4.79 Å². The molecule has 0 bridgehead atoms. The van der Waals surface area contributed by atoms with Gasteiger partial charge in [0.2, 0.25) is 5.91 Å². The zero-order chi connectivity index (χ0) is 14.8. The molecule has 0 heterocycles. The smallest absolute Gasteiger partial charge is 0.241 e. The van der Waals surface area contributed by atoms with Crippen molar-refractivity contribution in [2.45, 2.75) is 13.3 Å². The topological polar surface area (TPSA) is 79.5 Å². The van der Waals surface area contributed by atoms with Crippen LogP contribution in [0.25, 0.3) is 0 Å². The van der Waals surface area contributed by atoms with E-state index in [9.17, 15) is 4.79 Å². The molecular formula is C15H23IN4O. The zero-order valence-electron chi connectivity index (χ0n) is 12.3. The fraction of sp³-hybridized carbons (Fsp3) is 0.333. The normalized spacial score (nSPS) is 10.4. The van der Waals surface area contributed by atoms with E-state index in [0.29, 0.717) is 13.1 Å². The van der Waals surface area contributed by atoms with E-state index in [4.69, 9.17) is 5.73 Å². The minimum atomic E-state index is -0.138. The van der Waals surface area contributed by atoms with Gasteiger partial charge < -0.3 is 16.4 Å². The standard InChI is InChI=1S/C15H22N4O.HI/c1-12(2)10-18-15(16)19-11-14(20)17-9-8-13-6-4-3-5-7-13;/h3-7H,1,8-11H2,2H3,(H,17,20)(H3,16,18,19);1H. The lowest BCUT2D eigenvalue weighted by Gasteiger charge is -2.06. The van der Waals surface area contributed by atoms with Gasteiger partial charge in [-0.2, -0.15) is 0 Å². The van der Waals surface area contributed by atoms with Gasteiger partial charge >= 0.3 is 0 Å². The number of nitrogens with zero attached hydrogens (tertiary/aromatic N) is 1. The van der Waals surface area contributed by atoms with Crippen molar-refractivity contribution in [3.63, 3.8) is 0 Å². The number of aliphatic imine (C=N–C) groups is 1. The first-order chi connectivity index (χ1) is 9.58. The van der Waals surface area contributed by atoms with Crippen molar-refractivity contribution in [1.29, 1.82) is 0 Å². The molecule has 0 aliphatic rings. The number of benzene rings is 1. The van der Waals surface area contributed by atoms with Gasteiger partial charge in [0, 0.05) is 13.1 Å². The molecule has 5 nitrogen and oxygen atoms in total. The second kappa shape index (κ2) is 11.1. The highest BCUT2D eigenvalue weighted by Crippen LogP contribution is 1.97. The van der Waals surface area contributed by atoms with E-state index in [1.165, 1.54) is 5.56 Å². The minimum Gasteiger partial charge on any atom is -0.370 e. The number of hydrogen-bond donors (Lipinski definition) is 3. The van der Waals surface area contributed by atoms with Gasteiger partial charge in [-0.15, -0.1) is 24.0 Å². The molecule has 116 valence electrons. The Labute approximate surface area is 143 Å². The van der Waals surface area contributed by atoms with Crippen LogP contribution in [0.5, 0.6) is 0 Å². The Morgan fingerprint density at radius 1 is 1.29 bits per heavy atom. The molecule has 1 amide bonds. The van der Waals surface area contributed by atoms with Crippen LogP contribution in [0.4, 0.5) is 0 Å². The molecule has 0 radical (unpaired) electrons. The quantitative estimate of drug-likeness (QED) is 0.280. The second-order valence-electron chi connectivity index (χ2n) is 4.60. The summed E-state index contributed by atoms with van der Waals surface area (Å²) in [6, 6.07) is 10.00. The second-order valence-corrected chi connectivity index (χ2v) is 4.60. The number of halogens is 1. The first-order valence-corrected chi connectivity index (χ1v) is 6.56. The largest absolute Gasteiger partial charge is 0.370 e. The summed E-state index contributed by atoms with van der Waals surface area (Å²) >= 11 is 0. The van der Waals surface area contributed by atoms with Crippen LogP contribution in [-0.4, -0.2) is 31.5 Å². The molecule has 6 heteroatoms. The van der Waals surface area contributed by atoms with Gasteiger partial charge in [0.25, 0.3) is 0 Å². The molecule has 0 fully saturated rings. The molecule has 0 unspecified atom stereocenters. The van der Waals surface area contributed by atoms with Crippen molar-refractivity contribution in [1.82, 2.24) is 10.6 Å². The Kier molecular flexibility index (Phi) is 10.3. The maximum atomic E-state index is 11.6. The van der Waals surface area contributed by atoms with Gasteiger partial charge in [-0.25, -0.2) is 4.99 Å². The van der Waals surface area contributed by atoms with E-state index in [0.717, 1.165) is 12.0 Å². The van der Waals surface area contributed by atoms with Crippen LogP contribution >= 0.6 is 24.0 Å². The van der Waals surface area contributed by atoms with Crippen LogP contribution in [-0.2, 0) is 11.2 Å². The summed E-state index contributed by atoms with van der Waals surface area (Å²) in [6.07, 6.45) is 0.805. The molecule has 0 saturated carbocycles. The molecule has 4 N–H and O–H groups in total. The Balaban J connectivity index is 0.00000400. The van der Waals surface area contributed by atoms with Crippen LogP contribution < -0.4 is 16.4 Å². The molecule has 1 aromatic rings. The lowest BCUT2D eigenvalue weighted by molar-refractivity contribution is -0.119. The number of nitrogens with two attached hydrogens (primary N) is 1. The highest BCUT2D eigenvalue weighted by molar-refractivity contribution is 14.0. The van der Waals surface area contributed by atoms with Crippen LogP contribution in [0.3, 0.4) is 0 Å². The monoisotopic (exact) mass is 402 g/mol. The summed E-state index contributed by atoms with van der Waals surface area (Å²) in [6.45, 7) is 6.81. The maximum Gasteiger partial charge on any atom is 0.241 e. The Morgan fingerprint density at radius 3 is 2.57 bits per heavy atom. The number of guanidine groups is 1. The van der Waals surface area contributed by atoms with Crippen molar-refractivity contribution in [2.24, 2.45) is 10.7 Å². The first kappa shape index (κ1) is 19.4. The van der Waals surface area contributed by atoms with Gasteiger partial charge in [0.1, 0.15) is 6.54 Å². The summed E-state index contributed by atoms with van der Waals surface area (Å²) in [4.78, 5) is 15.5. The number of amides is 1. The number of hydrogen-bond acceptors (Lipinski definition) is 2. The number of nitrogens with one attached hydrogen (secondary N) is 2. The SMILES string of the molecule is C=C(C)CNC(N)=NCC(=O)NCCc1ccccc1.I. The molecule has 0 aliphatic carbocycles. The van der Waals surface area contributed by atoms with Crippen molar-refractivity contribution >= 4 is 35.8 Å². The van der Waals surface area contributed by atoms with Crippen molar-refractivity contribution in [3.8, 4) is 0 Å². The summed E-state index contributed by atoms with van der Waals surface area (Å²) in [7, 11) is 0. The first-order valence-electron chi connectivity index (χ1n) is 6.56. The van der Waals surface area contributed by atoms with E-state index in [-0.39, 0.29) is 42.4 Å². The van der Waals surface area contributed by atoms with Gasteiger partial charge in [-0.1, -0.05) is 42.5 Å². The van der Waals surface area contributed by atoms with E-state index >= 15 is 0 Å². The van der Waals surface area contributed by atoms with Gasteiger partial charge in [0.15, 0.2) is 5.96 Å². The molecule has 0 spiro atoms. The number of carbonyl (C=O) groups excluding carboxylic acids is 1. The summed E-state index contributed by atoms with van der Waals surface area (Å²) < 4.78 is 0. The fourth-order valence-electron chi connectivity index (χ4n) is 1.50. The fourth-order valence-corrected chi connectivity index (χ4v) is 1.50. The predicted octanol–water partition coefficient (Wildman–Crippen LogP) is 1.44. The Hall–Kier alpha value is -1.57. The average molecular weight is 402 g/mol. The lowest BCUT2D eigenvalue weighted by atomic mass is 10.1. The van der Waals surface area contributed by atoms with Gasteiger partial charge in [0.05, 0.1) is 0 Å². The molecule has 0 aromatic heterocycles. The molecule has 0 saturated heterocycles. The Morgan fingerprint density at radius 2 is 1.95 bits per heavy atom. The van der Waals surface area contributed by atoms with Crippen LogP contribution in [0.1, 0.15) is 12.5 Å². The van der Waals surface area contributed by atoms with Gasteiger partial charge in [-0.05, 0) is 18.9 Å². The Bertz CT molecular complexity index is 474. The summed E-state index contributed by atoms with van der Waals surface area (Å²) in [5.41, 5.74) is 7.76. The van der Waals surface area contributed by atoms with Crippen molar-refractivity contribution < 1.29 is 4.79 Å². The van der Waals surface area contributed by atoms with Crippen LogP contribution in [0, 0.1) is 0 Å². The van der Waals surface area contributed by atoms with Crippen LogP contribution in [0.2, 0.25) is 0 Å². The number of carbonyl (C=O) groups is 1. The number of rotatable bonds is 7. The third-order valence-corrected chi connectivity index (χ3v) is 2.54. The summed E-state index contributed by atoms with van der Waals surface area (Å²) in [5, 5.41) is 5.67. The molecule has 21 heavy (non-hydrogen) atoms. The third-order valence-electron chi connectivity index (χ3n) is 2.54. The highest BCUT2D eigenvalue weighted by Gasteiger charge is 2.00. The third kappa shape index (κ3) is 9.89. The zero-order valence-corrected chi connectivity index (χ0v) is 14.6. The van der Waals surface area contributed by atoms with E-state index < -0.39 is 0 Å². The molecule has 1 rings (SSSR count). The van der Waals surface area contributed by atoms with E-state index in [2.05, 4.69) is 22.2 Å². The average Bonchev–Trinajstić information content (AvgIpc) is 2.44. The molecule has 0 atom stereocenters. The minimum absolute atomic E-state index is 0. The molecule has 0 aliphatic heterocycles. The summed E-state index contributed by atoms with van der Waals surface area (Å²) in [5.74, 6) is 0.118. The predicted molar refractivity (Wildman–Crippen MR) is 97.9 cm³/mol. The van der Waals surface area contributed by atoms with E-state index in [1.54, 1.807) is 0 Å². The molecule has 1 aromatic carbocycles. The molecular weight excluding hydrogens is 379 g/mol. The van der Waals surface area contributed by atoms with Crippen molar-refractivity contribution in [3.05, 3.63) is 48.0 Å². The lowest BCUT2D eigenvalue weighted by Crippen LogP contribution is -2.35. The van der Waals surface area contributed by atoms with Crippen molar-refractivity contribution in [2.75, 3.05) is 19.6 Å².